The van der Waals surface area contributed by atoms with Crippen molar-refractivity contribution >= 4 is 5.91 Å². The first kappa shape index (κ1) is 20.8. The first-order valence-electron chi connectivity index (χ1n) is 10.3. The second-order valence-corrected chi connectivity index (χ2v) is 7.54. The minimum atomic E-state index is -0.640. The molecule has 1 fully saturated rings. The Kier molecular flexibility index (Phi) is 6.11. The summed E-state index contributed by atoms with van der Waals surface area (Å²) < 4.78 is 16.6. The van der Waals surface area contributed by atoms with E-state index in [9.17, 15) is 4.79 Å². The lowest BCUT2D eigenvalue weighted by Gasteiger charge is -2.33. The van der Waals surface area contributed by atoms with E-state index in [2.05, 4.69) is 20.1 Å². The van der Waals surface area contributed by atoms with Crippen LogP contribution in [0.1, 0.15) is 37.2 Å². The first-order valence-corrected chi connectivity index (χ1v) is 10.3. The number of aromatic nitrogens is 4. The van der Waals surface area contributed by atoms with Crippen LogP contribution in [0.5, 0.6) is 11.5 Å². The van der Waals surface area contributed by atoms with Gasteiger partial charge in [-0.2, -0.15) is 4.98 Å². The van der Waals surface area contributed by atoms with E-state index in [1.54, 1.807) is 43.5 Å². The predicted molar refractivity (Wildman–Crippen MR) is 112 cm³/mol. The van der Waals surface area contributed by atoms with E-state index < -0.39 is 6.10 Å². The number of piperidine rings is 1. The highest BCUT2D eigenvalue weighted by atomic mass is 16.5. The van der Waals surface area contributed by atoms with Crippen LogP contribution in [0.4, 0.5) is 0 Å². The molecule has 162 valence electrons. The zero-order valence-electron chi connectivity index (χ0n) is 17.8. The third-order valence-corrected chi connectivity index (χ3v) is 5.26. The van der Waals surface area contributed by atoms with Gasteiger partial charge >= 0.3 is 0 Å². The van der Waals surface area contributed by atoms with E-state index >= 15 is 0 Å². The minimum absolute atomic E-state index is 0.00734. The number of hydrogen-bond acceptors (Lipinski definition) is 8. The van der Waals surface area contributed by atoms with Crippen molar-refractivity contribution in [1.29, 1.82) is 0 Å². The molecule has 3 heterocycles. The molecule has 1 amide bonds. The standard InChI is InChI=1S/C22H25N5O4/c1-14-11-24-17(12-23-14)21-25-20(26-31-21)16-7-6-10-27(13-16)22(28)15(2)30-19-9-5-4-8-18(19)29-3/h4-5,8-9,11-12,15-16H,6-7,10,13H2,1-3H3. The summed E-state index contributed by atoms with van der Waals surface area (Å²) in [6.45, 7) is 4.79. The van der Waals surface area contributed by atoms with E-state index in [0.29, 0.717) is 42.0 Å². The molecule has 0 bridgehead atoms. The van der Waals surface area contributed by atoms with Gasteiger partial charge in [0.05, 0.1) is 19.0 Å². The molecule has 4 rings (SSSR count). The van der Waals surface area contributed by atoms with Crippen LogP contribution in [0.15, 0.2) is 41.2 Å². The zero-order chi connectivity index (χ0) is 21.8. The number of para-hydroxylation sites is 2. The summed E-state index contributed by atoms with van der Waals surface area (Å²) in [6.07, 6.45) is 4.36. The van der Waals surface area contributed by atoms with Crippen molar-refractivity contribution in [2.75, 3.05) is 20.2 Å². The summed E-state index contributed by atoms with van der Waals surface area (Å²) in [5.74, 6) is 1.96. The van der Waals surface area contributed by atoms with Crippen LogP contribution >= 0.6 is 0 Å². The maximum absolute atomic E-state index is 13.0. The van der Waals surface area contributed by atoms with Crippen LogP contribution in [0, 0.1) is 6.92 Å². The fraction of sp³-hybridized carbons (Fsp3) is 0.409. The van der Waals surface area contributed by atoms with Crippen molar-refractivity contribution in [3.63, 3.8) is 0 Å². The molecule has 1 saturated heterocycles. The van der Waals surface area contributed by atoms with E-state index in [-0.39, 0.29) is 11.8 Å². The molecule has 1 aromatic carbocycles. The molecule has 2 unspecified atom stereocenters. The second kappa shape index (κ2) is 9.11. The third kappa shape index (κ3) is 4.65. The molecule has 3 aromatic rings. The molecule has 0 spiro atoms. The smallest absolute Gasteiger partial charge is 0.278 e. The Labute approximate surface area is 180 Å². The summed E-state index contributed by atoms with van der Waals surface area (Å²) in [6, 6.07) is 7.29. The first-order chi connectivity index (χ1) is 15.0. The number of ether oxygens (including phenoxy) is 2. The quantitative estimate of drug-likeness (QED) is 0.596. The van der Waals surface area contributed by atoms with Crippen molar-refractivity contribution in [2.45, 2.75) is 38.7 Å². The molecule has 2 aromatic heterocycles. The molecule has 0 N–H and O–H groups in total. The van der Waals surface area contributed by atoms with Gasteiger partial charge in [-0.15, -0.1) is 0 Å². The topological polar surface area (TPSA) is 103 Å². The number of methoxy groups -OCH3 is 1. The highest BCUT2D eigenvalue weighted by Gasteiger charge is 2.31. The second-order valence-electron chi connectivity index (χ2n) is 7.54. The molecule has 9 nitrogen and oxygen atoms in total. The third-order valence-electron chi connectivity index (χ3n) is 5.26. The summed E-state index contributed by atoms with van der Waals surface area (Å²) in [5, 5.41) is 4.13. The summed E-state index contributed by atoms with van der Waals surface area (Å²) in [7, 11) is 1.57. The van der Waals surface area contributed by atoms with Gasteiger partial charge in [0.25, 0.3) is 11.8 Å². The lowest BCUT2D eigenvalue weighted by atomic mass is 9.97. The number of benzene rings is 1. The Morgan fingerprint density at radius 3 is 2.77 bits per heavy atom. The molecular formula is C22H25N5O4. The van der Waals surface area contributed by atoms with Gasteiger partial charge in [0.1, 0.15) is 5.69 Å². The van der Waals surface area contributed by atoms with Crippen molar-refractivity contribution in [2.24, 2.45) is 0 Å². The van der Waals surface area contributed by atoms with Gasteiger partial charge < -0.3 is 18.9 Å². The number of rotatable bonds is 6. The largest absolute Gasteiger partial charge is 0.493 e. The minimum Gasteiger partial charge on any atom is -0.493 e. The normalized spacial score (nSPS) is 17.3. The molecule has 0 radical (unpaired) electrons. The van der Waals surface area contributed by atoms with Gasteiger partial charge in [-0.05, 0) is 38.8 Å². The van der Waals surface area contributed by atoms with Crippen LogP contribution in [0.3, 0.4) is 0 Å². The number of hydrogen-bond donors (Lipinski definition) is 0. The van der Waals surface area contributed by atoms with Gasteiger partial charge in [-0.3, -0.25) is 9.78 Å². The molecule has 1 aliphatic rings. The number of aryl methyl sites for hydroxylation is 1. The van der Waals surface area contributed by atoms with Gasteiger partial charge in [-0.25, -0.2) is 4.98 Å². The summed E-state index contributed by atoms with van der Waals surface area (Å²) in [4.78, 5) is 27.8. The molecular weight excluding hydrogens is 398 g/mol. The van der Waals surface area contributed by atoms with Crippen molar-refractivity contribution < 1.29 is 18.8 Å². The fourth-order valence-corrected chi connectivity index (χ4v) is 3.61. The molecule has 31 heavy (non-hydrogen) atoms. The number of nitrogens with zero attached hydrogens (tertiary/aromatic N) is 5. The number of likely N-dealkylation sites (tertiary alicyclic amines) is 1. The van der Waals surface area contributed by atoms with Crippen LogP contribution in [0.2, 0.25) is 0 Å². The van der Waals surface area contributed by atoms with E-state index in [1.165, 1.54) is 0 Å². The van der Waals surface area contributed by atoms with Crippen molar-refractivity contribution in [3.05, 3.63) is 48.2 Å². The maximum atomic E-state index is 13.0. The number of amides is 1. The maximum Gasteiger partial charge on any atom is 0.278 e. The fourth-order valence-electron chi connectivity index (χ4n) is 3.61. The molecule has 2 atom stereocenters. The van der Waals surface area contributed by atoms with E-state index in [0.717, 1.165) is 18.5 Å². The Morgan fingerprint density at radius 1 is 1.23 bits per heavy atom. The molecule has 1 aliphatic heterocycles. The number of carbonyl (C=O) groups is 1. The number of carbonyl (C=O) groups excluding carboxylic acids is 1. The van der Waals surface area contributed by atoms with Gasteiger partial charge in [0.2, 0.25) is 0 Å². The van der Waals surface area contributed by atoms with Gasteiger partial charge in [0, 0.05) is 25.2 Å². The Hall–Kier alpha value is -3.49. The average Bonchev–Trinajstić information content (AvgIpc) is 3.30. The summed E-state index contributed by atoms with van der Waals surface area (Å²) in [5.41, 5.74) is 1.35. The van der Waals surface area contributed by atoms with Crippen LogP contribution < -0.4 is 9.47 Å². The molecule has 0 aliphatic carbocycles. The average molecular weight is 423 g/mol. The zero-order valence-corrected chi connectivity index (χ0v) is 17.8. The monoisotopic (exact) mass is 423 g/mol. The van der Waals surface area contributed by atoms with Crippen LogP contribution in [-0.2, 0) is 4.79 Å². The SMILES string of the molecule is COc1ccccc1OC(C)C(=O)N1CCCC(c2noc(-c3cnc(C)cn3)n2)C1. The lowest BCUT2D eigenvalue weighted by molar-refractivity contribution is -0.139. The Bertz CT molecular complexity index is 1040. The highest BCUT2D eigenvalue weighted by Crippen LogP contribution is 2.29. The van der Waals surface area contributed by atoms with Crippen molar-refractivity contribution in [3.8, 4) is 23.1 Å². The van der Waals surface area contributed by atoms with Crippen LogP contribution in [-0.4, -0.2) is 57.2 Å². The molecule has 0 saturated carbocycles. The van der Waals surface area contributed by atoms with Gasteiger partial charge in [0.15, 0.2) is 23.4 Å². The Balaban J connectivity index is 1.42. The van der Waals surface area contributed by atoms with Crippen LogP contribution in [0.25, 0.3) is 11.6 Å². The summed E-state index contributed by atoms with van der Waals surface area (Å²) >= 11 is 0. The predicted octanol–water partition coefficient (Wildman–Crippen LogP) is 3.02. The molecule has 9 heteroatoms. The highest BCUT2D eigenvalue weighted by molar-refractivity contribution is 5.81. The van der Waals surface area contributed by atoms with E-state index in [1.807, 2.05) is 19.1 Å². The van der Waals surface area contributed by atoms with E-state index in [4.69, 9.17) is 14.0 Å². The lowest BCUT2D eigenvalue weighted by Crippen LogP contribution is -2.45. The van der Waals surface area contributed by atoms with Crippen molar-refractivity contribution in [1.82, 2.24) is 25.0 Å². The van der Waals surface area contributed by atoms with Gasteiger partial charge in [-0.1, -0.05) is 17.3 Å². The Morgan fingerprint density at radius 2 is 2.03 bits per heavy atom.